The lowest BCUT2D eigenvalue weighted by molar-refractivity contribution is -0.117. The van der Waals surface area contributed by atoms with Crippen LogP contribution in [0.25, 0.3) is 0 Å². The van der Waals surface area contributed by atoms with E-state index < -0.39 is 10.0 Å². The predicted octanol–water partition coefficient (Wildman–Crippen LogP) is 0.391. The molecule has 0 radical (unpaired) electrons. The Bertz CT molecular complexity index is 284. The van der Waals surface area contributed by atoms with Crippen LogP contribution in [-0.2, 0) is 14.8 Å². The molecule has 0 spiro atoms. The number of rotatable bonds is 4. The van der Waals surface area contributed by atoms with Crippen molar-refractivity contribution in [2.75, 3.05) is 18.8 Å². The second-order valence-corrected chi connectivity index (χ2v) is 5.46. The van der Waals surface area contributed by atoms with Crippen molar-refractivity contribution in [1.82, 2.24) is 4.31 Å². The first-order valence-corrected chi connectivity index (χ1v) is 6.10. The fourth-order valence-corrected chi connectivity index (χ4v) is 3.01. The molecule has 0 aromatic carbocycles. The van der Waals surface area contributed by atoms with E-state index in [2.05, 4.69) is 0 Å². The van der Waals surface area contributed by atoms with Crippen LogP contribution in [0.2, 0.25) is 0 Å². The van der Waals surface area contributed by atoms with Crippen LogP contribution in [0.4, 0.5) is 0 Å². The van der Waals surface area contributed by atoms with Gasteiger partial charge in [0.15, 0.2) is 0 Å². The number of hydrogen-bond donors (Lipinski definition) is 0. The summed E-state index contributed by atoms with van der Waals surface area (Å²) in [6.45, 7) is 2.65. The van der Waals surface area contributed by atoms with Crippen LogP contribution in [0, 0.1) is 0 Å². The SMILES string of the molecule is CC(=O)CCCN1CCCS1(=O)=O. The number of ketones is 1. The van der Waals surface area contributed by atoms with Gasteiger partial charge in [-0.2, -0.15) is 0 Å². The van der Waals surface area contributed by atoms with Gasteiger partial charge in [-0.05, 0) is 19.8 Å². The molecule has 0 aliphatic carbocycles. The summed E-state index contributed by atoms with van der Waals surface area (Å²) in [6, 6.07) is 0. The van der Waals surface area contributed by atoms with Gasteiger partial charge in [0.25, 0.3) is 0 Å². The number of carbonyl (C=O) groups excluding carboxylic acids is 1. The highest BCUT2D eigenvalue weighted by Gasteiger charge is 2.27. The van der Waals surface area contributed by atoms with Gasteiger partial charge in [-0.15, -0.1) is 0 Å². The molecule has 1 rings (SSSR count). The summed E-state index contributed by atoms with van der Waals surface area (Å²) in [5.74, 6) is 0.393. The van der Waals surface area contributed by atoms with Crippen molar-refractivity contribution in [3.05, 3.63) is 0 Å². The molecule has 1 fully saturated rings. The van der Waals surface area contributed by atoms with Crippen molar-refractivity contribution in [2.24, 2.45) is 0 Å². The third-order valence-electron chi connectivity index (χ3n) is 2.14. The maximum atomic E-state index is 11.3. The lowest BCUT2D eigenvalue weighted by Gasteiger charge is -2.12. The molecule has 0 N–H and O–H groups in total. The molecule has 4 nitrogen and oxygen atoms in total. The van der Waals surface area contributed by atoms with Gasteiger partial charge in [0, 0.05) is 19.5 Å². The van der Waals surface area contributed by atoms with Crippen LogP contribution in [0.3, 0.4) is 0 Å². The van der Waals surface area contributed by atoms with E-state index >= 15 is 0 Å². The molecule has 0 bridgehead atoms. The molecule has 0 atom stereocenters. The molecule has 0 amide bonds. The zero-order chi connectivity index (χ0) is 9.90. The van der Waals surface area contributed by atoms with Crippen LogP contribution >= 0.6 is 0 Å². The summed E-state index contributed by atoms with van der Waals surface area (Å²) >= 11 is 0. The molecule has 1 saturated heterocycles. The summed E-state index contributed by atoms with van der Waals surface area (Å²) in [5, 5.41) is 0. The number of sulfonamides is 1. The third-order valence-corrected chi connectivity index (χ3v) is 4.10. The molecular weight excluding hydrogens is 190 g/mol. The van der Waals surface area contributed by atoms with Gasteiger partial charge < -0.3 is 4.79 Å². The average molecular weight is 205 g/mol. The Labute approximate surface area is 79.0 Å². The Morgan fingerprint density at radius 3 is 2.62 bits per heavy atom. The van der Waals surface area contributed by atoms with Gasteiger partial charge in [0.05, 0.1) is 5.75 Å². The van der Waals surface area contributed by atoms with Gasteiger partial charge in [0.1, 0.15) is 5.78 Å². The molecule has 0 saturated carbocycles. The molecule has 0 aromatic rings. The summed E-state index contributed by atoms with van der Waals surface area (Å²) in [6.07, 6.45) is 1.85. The Morgan fingerprint density at radius 2 is 2.15 bits per heavy atom. The largest absolute Gasteiger partial charge is 0.300 e. The van der Waals surface area contributed by atoms with Crippen molar-refractivity contribution in [1.29, 1.82) is 0 Å². The van der Waals surface area contributed by atoms with Gasteiger partial charge in [-0.3, -0.25) is 0 Å². The summed E-state index contributed by atoms with van der Waals surface area (Å²) in [5.41, 5.74) is 0. The van der Waals surface area contributed by atoms with Crippen molar-refractivity contribution in [2.45, 2.75) is 26.2 Å². The van der Waals surface area contributed by atoms with E-state index in [0.717, 1.165) is 6.42 Å². The molecule has 0 unspecified atom stereocenters. The van der Waals surface area contributed by atoms with Crippen molar-refractivity contribution in [3.63, 3.8) is 0 Å². The average Bonchev–Trinajstić information content (AvgIpc) is 2.30. The molecule has 1 aliphatic rings. The summed E-state index contributed by atoms with van der Waals surface area (Å²) < 4.78 is 24.0. The maximum absolute atomic E-state index is 11.3. The second-order valence-electron chi connectivity index (χ2n) is 3.37. The molecular formula is C8H15NO3S. The first kappa shape index (κ1) is 10.7. The smallest absolute Gasteiger partial charge is 0.214 e. The minimum atomic E-state index is -2.96. The number of Topliss-reactive ketones (excluding diaryl/α,β-unsaturated/α-hetero) is 1. The van der Waals surface area contributed by atoms with Crippen LogP contribution in [0.5, 0.6) is 0 Å². The summed E-state index contributed by atoms with van der Waals surface area (Å²) in [7, 11) is -2.96. The van der Waals surface area contributed by atoms with Crippen LogP contribution in [0.15, 0.2) is 0 Å². The van der Waals surface area contributed by atoms with Crippen LogP contribution in [-0.4, -0.2) is 37.3 Å². The first-order chi connectivity index (χ1) is 6.02. The normalized spacial score (nSPS) is 21.9. The van der Waals surface area contributed by atoms with E-state index in [1.165, 1.54) is 11.2 Å². The second kappa shape index (κ2) is 4.19. The Balaban J connectivity index is 2.33. The van der Waals surface area contributed by atoms with Crippen LogP contribution < -0.4 is 0 Å². The zero-order valence-corrected chi connectivity index (χ0v) is 8.64. The van der Waals surface area contributed by atoms with E-state index in [1.807, 2.05) is 0 Å². The lowest BCUT2D eigenvalue weighted by Crippen LogP contribution is -2.27. The van der Waals surface area contributed by atoms with Crippen molar-refractivity contribution in [3.8, 4) is 0 Å². The third kappa shape index (κ3) is 3.08. The minimum absolute atomic E-state index is 0.122. The van der Waals surface area contributed by atoms with Gasteiger partial charge in [0.2, 0.25) is 10.0 Å². The molecule has 1 heterocycles. The number of nitrogens with zero attached hydrogens (tertiary/aromatic N) is 1. The highest BCUT2D eigenvalue weighted by Crippen LogP contribution is 2.13. The molecule has 76 valence electrons. The van der Waals surface area contributed by atoms with Gasteiger partial charge in [-0.25, -0.2) is 12.7 Å². The quantitative estimate of drug-likeness (QED) is 0.667. The highest BCUT2D eigenvalue weighted by atomic mass is 32.2. The predicted molar refractivity (Wildman–Crippen MR) is 49.9 cm³/mol. The lowest BCUT2D eigenvalue weighted by atomic mass is 10.2. The number of carbonyl (C=O) groups is 1. The molecule has 5 heteroatoms. The summed E-state index contributed by atoms with van der Waals surface area (Å²) in [4.78, 5) is 10.6. The zero-order valence-electron chi connectivity index (χ0n) is 7.82. The molecule has 13 heavy (non-hydrogen) atoms. The Kier molecular flexibility index (Phi) is 3.44. The van der Waals surface area contributed by atoms with Gasteiger partial charge in [-0.1, -0.05) is 0 Å². The maximum Gasteiger partial charge on any atom is 0.214 e. The topological polar surface area (TPSA) is 54.5 Å². The Morgan fingerprint density at radius 1 is 1.46 bits per heavy atom. The standard InChI is InChI=1S/C8H15NO3S/c1-8(10)4-2-5-9-6-3-7-13(9,11)12/h2-7H2,1H3. The van der Waals surface area contributed by atoms with Crippen LogP contribution in [0.1, 0.15) is 26.2 Å². The van der Waals surface area contributed by atoms with E-state index in [4.69, 9.17) is 0 Å². The fourth-order valence-electron chi connectivity index (χ4n) is 1.45. The molecule has 0 aromatic heterocycles. The van der Waals surface area contributed by atoms with E-state index in [-0.39, 0.29) is 11.5 Å². The minimum Gasteiger partial charge on any atom is -0.300 e. The first-order valence-electron chi connectivity index (χ1n) is 4.49. The molecule has 1 aliphatic heterocycles. The van der Waals surface area contributed by atoms with E-state index in [9.17, 15) is 13.2 Å². The number of hydrogen-bond acceptors (Lipinski definition) is 3. The van der Waals surface area contributed by atoms with E-state index in [1.54, 1.807) is 0 Å². The van der Waals surface area contributed by atoms with Crippen molar-refractivity contribution < 1.29 is 13.2 Å². The fraction of sp³-hybridized carbons (Fsp3) is 0.875. The highest BCUT2D eigenvalue weighted by molar-refractivity contribution is 7.89. The van der Waals surface area contributed by atoms with E-state index in [0.29, 0.717) is 25.9 Å². The van der Waals surface area contributed by atoms with Gasteiger partial charge >= 0.3 is 0 Å². The van der Waals surface area contributed by atoms with Crippen molar-refractivity contribution >= 4 is 15.8 Å². The Hall–Kier alpha value is -0.420. The monoisotopic (exact) mass is 205 g/mol.